The highest BCUT2D eigenvalue weighted by Gasteiger charge is 2.45. The molecular weight excluding hydrogens is 553 g/mol. The standard InChI is InChI=1S/C28H38F5N3O5/c1-16(2)36(18-8-6-17(7-9-18)10-13-40-5)25(38)19-14-21-22(15-20(19)28(31,32)33)41-27(3,4)26(39)35(21)12-11-34-24(37)23(29)30/h14-18,23H,6-13H2,1-5H3,(H,34,37)/t17-,18+. The van der Waals surface area contributed by atoms with E-state index in [0.29, 0.717) is 31.4 Å². The number of nitrogens with one attached hydrogen (secondary N) is 1. The Morgan fingerprint density at radius 2 is 1.80 bits per heavy atom. The molecule has 1 aromatic carbocycles. The third kappa shape index (κ3) is 7.47. The van der Waals surface area contributed by atoms with Crippen LogP contribution in [0.15, 0.2) is 12.1 Å². The van der Waals surface area contributed by atoms with Crippen molar-refractivity contribution in [3.8, 4) is 5.75 Å². The van der Waals surface area contributed by atoms with Crippen molar-refractivity contribution in [1.82, 2.24) is 10.2 Å². The lowest BCUT2D eigenvalue weighted by atomic mass is 9.83. The van der Waals surface area contributed by atoms with E-state index in [0.717, 1.165) is 30.2 Å². The van der Waals surface area contributed by atoms with Crippen molar-refractivity contribution in [3.05, 3.63) is 23.3 Å². The van der Waals surface area contributed by atoms with Gasteiger partial charge in [0.1, 0.15) is 5.75 Å². The van der Waals surface area contributed by atoms with Gasteiger partial charge in [-0.2, -0.15) is 22.0 Å². The van der Waals surface area contributed by atoms with E-state index in [-0.39, 0.29) is 30.6 Å². The van der Waals surface area contributed by atoms with Crippen LogP contribution in [-0.4, -0.2) is 73.5 Å². The van der Waals surface area contributed by atoms with Crippen LogP contribution >= 0.6 is 0 Å². The number of methoxy groups -OCH3 is 1. The van der Waals surface area contributed by atoms with Crippen LogP contribution in [0.2, 0.25) is 0 Å². The number of alkyl halides is 5. The van der Waals surface area contributed by atoms with Crippen LogP contribution in [0.5, 0.6) is 5.75 Å². The number of benzene rings is 1. The maximum Gasteiger partial charge on any atom is 0.417 e. The van der Waals surface area contributed by atoms with Crippen LogP contribution < -0.4 is 15.0 Å². The first-order chi connectivity index (χ1) is 19.1. The first kappa shape index (κ1) is 32.6. The van der Waals surface area contributed by atoms with Crippen molar-refractivity contribution in [2.24, 2.45) is 5.92 Å². The van der Waals surface area contributed by atoms with Crippen LogP contribution in [0.3, 0.4) is 0 Å². The topological polar surface area (TPSA) is 88.2 Å². The fraction of sp³-hybridized carbons (Fsp3) is 0.679. The van der Waals surface area contributed by atoms with E-state index in [4.69, 9.17) is 9.47 Å². The number of hydrogen-bond donors (Lipinski definition) is 1. The largest absolute Gasteiger partial charge is 0.476 e. The molecule has 1 heterocycles. The summed E-state index contributed by atoms with van der Waals surface area (Å²) in [7, 11) is 1.63. The highest BCUT2D eigenvalue weighted by atomic mass is 19.4. The van der Waals surface area contributed by atoms with Crippen molar-refractivity contribution >= 4 is 23.4 Å². The molecule has 0 spiro atoms. The number of fused-ring (bicyclic) bond motifs is 1. The van der Waals surface area contributed by atoms with Gasteiger partial charge in [0.05, 0.1) is 16.8 Å². The molecular formula is C28H38F5N3O5. The molecule has 3 amide bonds. The molecule has 1 fully saturated rings. The Hall–Kier alpha value is -2.96. The van der Waals surface area contributed by atoms with E-state index in [1.54, 1.807) is 21.0 Å². The lowest BCUT2D eigenvalue weighted by Gasteiger charge is -2.41. The molecule has 1 saturated carbocycles. The van der Waals surface area contributed by atoms with Gasteiger partial charge >= 0.3 is 12.6 Å². The third-order valence-electron chi connectivity index (χ3n) is 7.61. The number of carbonyl (C=O) groups excluding carboxylic acids is 3. The fourth-order valence-corrected chi connectivity index (χ4v) is 5.57. The van der Waals surface area contributed by atoms with E-state index in [1.165, 1.54) is 18.7 Å². The van der Waals surface area contributed by atoms with Gasteiger partial charge in [0, 0.05) is 38.9 Å². The molecule has 0 bridgehead atoms. The van der Waals surface area contributed by atoms with Crippen LogP contribution in [0.4, 0.5) is 27.6 Å². The molecule has 0 radical (unpaired) electrons. The first-order valence-corrected chi connectivity index (χ1v) is 13.7. The number of rotatable bonds is 10. The molecule has 0 saturated heterocycles. The summed E-state index contributed by atoms with van der Waals surface area (Å²) in [6, 6.07) is 1.03. The smallest absolute Gasteiger partial charge is 0.417 e. The Kier molecular flexibility index (Phi) is 10.3. The summed E-state index contributed by atoms with van der Waals surface area (Å²) >= 11 is 0. The summed E-state index contributed by atoms with van der Waals surface area (Å²) < 4.78 is 79.1. The molecule has 3 rings (SSSR count). The number of hydrogen-bond acceptors (Lipinski definition) is 5. The molecule has 0 unspecified atom stereocenters. The van der Waals surface area contributed by atoms with Gasteiger partial charge < -0.3 is 24.6 Å². The average molecular weight is 592 g/mol. The minimum Gasteiger partial charge on any atom is -0.476 e. The molecule has 1 aliphatic carbocycles. The molecule has 13 heteroatoms. The second-order valence-corrected chi connectivity index (χ2v) is 11.3. The predicted molar refractivity (Wildman–Crippen MR) is 141 cm³/mol. The highest BCUT2D eigenvalue weighted by molar-refractivity contribution is 6.05. The molecule has 1 aromatic rings. The Morgan fingerprint density at radius 3 is 2.34 bits per heavy atom. The van der Waals surface area contributed by atoms with Crippen LogP contribution in [-0.2, 0) is 20.5 Å². The van der Waals surface area contributed by atoms with Gasteiger partial charge in [-0.05, 0) is 77.8 Å². The summed E-state index contributed by atoms with van der Waals surface area (Å²) in [4.78, 5) is 41.0. The quantitative estimate of drug-likeness (QED) is 0.386. The third-order valence-corrected chi connectivity index (χ3v) is 7.61. The molecule has 1 aliphatic heterocycles. The normalized spacial score (nSPS) is 20.6. The lowest BCUT2D eigenvalue weighted by molar-refractivity contribution is -0.138. The lowest BCUT2D eigenvalue weighted by Crippen LogP contribution is -2.54. The molecule has 0 atom stereocenters. The van der Waals surface area contributed by atoms with E-state index >= 15 is 0 Å². The van der Waals surface area contributed by atoms with E-state index in [1.807, 2.05) is 5.32 Å². The minimum atomic E-state index is -4.91. The molecule has 2 aliphatic rings. The minimum absolute atomic E-state index is 0.107. The van der Waals surface area contributed by atoms with Crippen LogP contribution in [0.1, 0.15) is 75.7 Å². The predicted octanol–water partition coefficient (Wildman–Crippen LogP) is 5.04. The summed E-state index contributed by atoms with van der Waals surface area (Å²) in [6.07, 6.45) is -4.40. The van der Waals surface area contributed by atoms with E-state index in [2.05, 4.69) is 0 Å². The second-order valence-electron chi connectivity index (χ2n) is 11.3. The van der Waals surface area contributed by atoms with Crippen molar-refractivity contribution in [2.45, 2.75) is 90.1 Å². The highest BCUT2D eigenvalue weighted by Crippen LogP contribution is 2.44. The van der Waals surface area contributed by atoms with Gasteiger partial charge in [0.2, 0.25) is 0 Å². The number of amides is 3. The average Bonchev–Trinajstić information content (AvgIpc) is 2.88. The van der Waals surface area contributed by atoms with E-state index in [9.17, 15) is 36.3 Å². The Balaban J connectivity index is 2.01. The molecule has 41 heavy (non-hydrogen) atoms. The number of halogens is 5. The molecule has 8 nitrogen and oxygen atoms in total. The van der Waals surface area contributed by atoms with E-state index < -0.39 is 53.1 Å². The van der Waals surface area contributed by atoms with Crippen molar-refractivity contribution in [2.75, 3.05) is 31.7 Å². The molecule has 0 aromatic heterocycles. The van der Waals surface area contributed by atoms with Crippen molar-refractivity contribution in [3.63, 3.8) is 0 Å². The summed E-state index contributed by atoms with van der Waals surface area (Å²) in [6.45, 7) is 6.11. The zero-order valence-electron chi connectivity index (χ0n) is 23.9. The maximum absolute atomic E-state index is 14.4. The summed E-state index contributed by atoms with van der Waals surface area (Å²) in [5.41, 5.74) is -3.52. The van der Waals surface area contributed by atoms with Gasteiger partial charge in [-0.25, -0.2) is 0 Å². The van der Waals surface area contributed by atoms with Gasteiger partial charge in [0.15, 0.2) is 5.60 Å². The molecule has 230 valence electrons. The zero-order valence-corrected chi connectivity index (χ0v) is 23.9. The van der Waals surface area contributed by atoms with Gasteiger partial charge in [-0.1, -0.05) is 0 Å². The van der Waals surface area contributed by atoms with Crippen LogP contribution in [0, 0.1) is 5.92 Å². The van der Waals surface area contributed by atoms with Crippen molar-refractivity contribution in [1.29, 1.82) is 0 Å². The maximum atomic E-state index is 14.4. The number of nitrogens with zero attached hydrogens (tertiary/aromatic N) is 2. The Labute approximate surface area is 236 Å². The number of anilines is 1. The number of ether oxygens (including phenoxy) is 2. The molecule has 1 N–H and O–H groups in total. The monoisotopic (exact) mass is 591 g/mol. The van der Waals surface area contributed by atoms with Gasteiger partial charge in [-0.15, -0.1) is 0 Å². The Bertz CT molecular complexity index is 1120. The SMILES string of the molecule is COCC[C@H]1CC[C@@H](N(C(=O)c2cc3c(cc2C(F)(F)F)OC(C)(C)C(=O)N3CCNC(=O)C(F)F)C(C)C)CC1. The zero-order chi connectivity index (χ0) is 30.7. The van der Waals surface area contributed by atoms with Gasteiger partial charge in [0.25, 0.3) is 17.7 Å². The van der Waals surface area contributed by atoms with Crippen molar-refractivity contribution < 1.29 is 45.8 Å². The summed E-state index contributed by atoms with van der Waals surface area (Å²) in [5.74, 6) is -2.90. The Morgan fingerprint density at radius 1 is 1.17 bits per heavy atom. The summed E-state index contributed by atoms with van der Waals surface area (Å²) in [5, 5.41) is 1.99. The fourth-order valence-electron chi connectivity index (χ4n) is 5.57. The number of carbonyl (C=O) groups is 3. The second kappa shape index (κ2) is 12.9. The van der Waals surface area contributed by atoms with Gasteiger partial charge in [-0.3, -0.25) is 14.4 Å². The van der Waals surface area contributed by atoms with Crippen LogP contribution in [0.25, 0.3) is 0 Å². The first-order valence-electron chi connectivity index (χ1n) is 13.7.